The fourth-order valence-corrected chi connectivity index (χ4v) is 2.75. The molecule has 2 N–H and O–H groups in total. The summed E-state index contributed by atoms with van der Waals surface area (Å²) in [5.41, 5.74) is 7.80. The van der Waals surface area contributed by atoms with Crippen molar-refractivity contribution in [3.63, 3.8) is 0 Å². The zero-order valence-corrected chi connectivity index (χ0v) is 12.9. The number of hydrogen-bond donors (Lipinski definition) is 1. The molecule has 0 aliphatic rings. The van der Waals surface area contributed by atoms with E-state index in [0.29, 0.717) is 13.2 Å². The first-order chi connectivity index (χ1) is 9.63. The van der Waals surface area contributed by atoms with Gasteiger partial charge in [-0.15, -0.1) is 11.3 Å². The number of nitrogens with two attached hydrogens (primary N) is 1. The van der Waals surface area contributed by atoms with Gasteiger partial charge in [-0.05, 0) is 38.4 Å². The van der Waals surface area contributed by atoms with Crippen molar-refractivity contribution in [2.45, 2.75) is 26.9 Å². The van der Waals surface area contributed by atoms with E-state index in [4.69, 9.17) is 15.2 Å². The first-order valence-electron chi connectivity index (χ1n) is 6.56. The predicted molar refractivity (Wildman–Crippen MR) is 81.7 cm³/mol. The highest BCUT2D eigenvalue weighted by Crippen LogP contribution is 2.27. The average Bonchev–Trinajstić information content (AvgIpc) is 2.77. The zero-order chi connectivity index (χ0) is 14.5. The number of methoxy groups -OCH3 is 1. The molecule has 2 rings (SSSR count). The monoisotopic (exact) mass is 292 g/mol. The Labute approximate surface area is 123 Å². The largest absolute Gasteiger partial charge is 0.497 e. The van der Waals surface area contributed by atoms with E-state index in [1.807, 2.05) is 25.1 Å². The molecule has 0 saturated heterocycles. The summed E-state index contributed by atoms with van der Waals surface area (Å²) in [4.78, 5) is 5.71. The Kier molecular flexibility index (Phi) is 4.98. The molecule has 1 aromatic carbocycles. The predicted octanol–water partition coefficient (Wildman–Crippen LogP) is 2.85. The number of rotatable bonds is 6. The van der Waals surface area contributed by atoms with Gasteiger partial charge in [-0.2, -0.15) is 0 Å². The SMILES string of the molecule is COc1ccc(CCN)c(OCc2nc(C)c(C)s2)c1. The van der Waals surface area contributed by atoms with E-state index >= 15 is 0 Å². The molecular weight excluding hydrogens is 272 g/mol. The minimum Gasteiger partial charge on any atom is -0.497 e. The first kappa shape index (κ1) is 14.8. The Balaban J connectivity index is 2.14. The lowest BCUT2D eigenvalue weighted by Crippen LogP contribution is -2.05. The zero-order valence-electron chi connectivity index (χ0n) is 12.1. The maximum Gasteiger partial charge on any atom is 0.140 e. The summed E-state index contributed by atoms with van der Waals surface area (Å²) in [6, 6.07) is 5.83. The lowest BCUT2D eigenvalue weighted by Gasteiger charge is -2.11. The number of aryl methyl sites for hydroxylation is 2. The van der Waals surface area contributed by atoms with Crippen LogP contribution < -0.4 is 15.2 Å². The quantitative estimate of drug-likeness (QED) is 0.889. The summed E-state index contributed by atoms with van der Waals surface area (Å²) in [5, 5.41) is 0.988. The third kappa shape index (κ3) is 3.49. The van der Waals surface area contributed by atoms with Gasteiger partial charge in [-0.1, -0.05) is 6.07 Å². The van der Waals surface area contributed by atoms with Crippen LogP contribution in [0.25, 0.3) is 0 Å². The minimum absolute atomic E-state index is 0.476. The van der Waals surface area contributed by atoms with Gasteiger partial charge in [-0.3, -0.25) is 0 Å². The highest BCUT2D eigenvalue weighted by atomic mass is 32.1. The Morgan fingerprint density at radius 1 is 1.30 bits per heavy atom. The fourth-order valence-electron chi connectivity index (χ4n) is 1.90. The van der Waals surface area contributed by atoms with Crippen LogP contribution in [0.4, 0.5) is 0 Å². The van der Waals surface area contributed by atoms with Crippen molar-refractivity contribution in [2.75, 3.05) is 13.7 Å². The molecule has 2 aromatic rings. The summed E-state index contributed by atoms with van der Waals surface area (Å²) in [5.74, 6) is 1.60. The van der Waals surface area contributed by atoms with Crippen LogP contribution in [0.3, 0.4) is 0 Å². The van der Waals surface area contributed by atoms with Crippen LogP contribution in [-0.2, 0) is 13.0 Å². The van der Waals surface area contributed by atoms with Crippen molar-refractivity contribution in [2.24, 2.45) is 5.73 Å². The second kappa shape index (κ2) is 6.72. The summed E-state index contributed by atoms with van der Waals surface area (Å²) in [6.45, 7) is 5.16. The molecule has 0 aliphatic heterocycles. The summed E-state index contributed by atoms with van der Waals surface area (Å²) in [7, 11) is 1.65. The van der Waals surface area contributed by atoms with E-state index in [9.17, 15) is 0 Å². The topological polar surface area (TPSA) is 57.4 Å². The number of nitrogens with zero attached hydrogens (tertiary/aromatic N) is 1. The van der Waals surface area contributed by atoms with Crippen LogP contribution in [0, 0.1) is 13.8 Å². The van der Waals surface area contributed by atoms with Crippen LogP contribution in [0.1, 0.15) is 21.1 Å². The molecule has 108 valence electrons. The van der Waals surface area contributed by atoms with Gasteiger partial charge in [0.05, 0.1) is 12.8 Å². The standard InChI is InChI=1S/C15H20N2O2S/c1-10-11(2)20-15(17-10)9-19-14-8-13(18-3)5-4-12(14)6-7-16/h4-5,8H,6-7,9,16H2,1-3H3. The van der Waals surface area contributed by atoms with Gasteiger partial charge >= 0.3 is 0 Å². The van der Waals surface area contributed by atoms with E-state index in [1.165, 1.54) is 4.88 Å². The van der Waals surface area contributed by atoms with Gasteiger partial charge in [0, 0.05) is 10.9 Å². The minimum atomic E-state index is 0.476. The Bertz CT molecular complexity index is 562. The van der Waals surface area contributed by atoms with Crippen LogP contribution in [-0.4, -0.2) is 18.6 Å². The molecule has 0 fully saturated rings. The highest BCUT2D eigenvalue weighted by molar-refractivity contribution is 7.11. The lowest BCUT2D eigenvalue weighted by molar-refractivity contribution is 0.299. The van der Waals surface area contributed by atoms with Crippen molar-refractivity contribution in [1.29, 1.82) is 0 Å². The molecule has 0 atom stereocenters. The molecule has 0 bridgehead atoms. The molecule has 0 amide bonds. The van der Waals surface area contributed by atoms with E-state index < -0.39 is 0 Å². The van der Waals surface area contributed by atoms with Crippen LogP contribution >= 0.6 is 11.3 Å². The van der Waals surface area contributed by atoms with Crippen LogP contribution in [0.5, 0.6) is 11.5 Å². The maximum absolute atomic E-state index is 5.90. The van der Waals surface area contributed by atoms with Crippen molar-refractivity contribution in [3.8, 4) is 11.5 Å². The molecule has 1 aromatic heterocycles. The van der Waals surface area contributed by atoms with E-state index in [0.717, 1.165) is 34.2 Å². The molecular formula is C15H20N2O2S. The smallest absolute Gasteiger partial charge is 0.140 e. The number of thiazole rings is 1. The molecule has 0 spiro atoms. The summed E-state index contributed by atoms with van der Waals surface area (Å²) < 4.78 is 11.1. The number of ether oxygens (including phenoxy) is 2. The molecule has 0 aliphatic carbocycles. The van der Waals surface area contributed by atoms with Gasteiger partial charge in [0.15, 0.2) is 0 Å². The number of benzene rings is 1. The highest BCUT2D eigenvalue weighted by Gasteiger charge is 2.08. The molecule has 20 heavy (non-hydrogen) atoms. The van der Waals surface area contributed by atoms with Crippen molar-refractivity contribution >= 4 is 11.3 Å². The van der Waals surface area contributed by atoms with E-state index in [1.54, 1.807) is 18.4 Å². The van der Waals surface area contributed by atoms with E-state index in [-0.39, 0.29) is 0 Å². The van der Waals surface area contributed by atoms with Gasteiger partial charge in [0.1, 0.15) is 23.1 Å². The second-order valence-electron chi connectivity index (χ2n) is 4.55. The van der Waals surface area contributed by atoms with Crippen molar-refractivity contribution < 1.29 is 9.47 Å². The second-order valence-corrected chi connectivity index (χ2v) is 5.84. The fraction of sp³-hybridized carbons (Fsp3) is 0.400. The van der Waals surface area contributed by atoms with Crippen molar-refractivity contribution in [1.82, 2.24) is 4.98 Å². The van der Waals surface area contributed by atoms with Gasteiger partial charge < -0.3 is 15.2 Å². The molecule has 4 nitrogen and oxygen atoms in total. The maximum atomic E-state index is 5.90. The number of hydrogen-bond acceptors (Lipinski definition) is 5. The van der Waals surface area contributed by atoms with Crippen molar-refractivity contribution in [3.05, 3.63) is 39.3 Å². The Morgan fingerprint density at radius 2 is 2.10 bits per heavy atom. The van der Waals surface area contributed by atoms with Crippen LogP contribution in [0.15, 0.2) is 18.2 Å². The normalized spacial score (nSPS) is 10.6. The molecule has 5 heteroatoms. The third-order valence-corrected chi connectivity index (χ3v) is 4.16. The Morgan fingerprint density at radius 3 is 2.70 bits per heavy atom. The molecule has 0 saturated carbocycles. The third-order valence-electron chi connectivity index (χ3n) is 3.11. The van der Waals surface area contributed by atoms with Gasteiger partial charge in [0.2, 0.25) is 0 Å². The summed E-state index contributed by atoms with van der Waals surface area (Å²) >= 11 is 1.67. The van der Waals surface area contributed by atoms with Crippen LogP contribution in [0.2, 0.25) is 0 Å². The Hall–Kier alpha value is -1.59. The molecule has 0 radical (unpaired) electrons. The van der Waals surface area contributed by atoms with Gasteiger partial charge in [0.25, 0.3) is 0 Å². The molecule has 0 unspecified atom stereocenters. The average molecular weight is 292 g/mol. The first-order valence-corrected chi connectivity index (χ1v) is 7.38. The number of aromatic nitrogens is 1. The van der Waals surface area contributed by atoms with E-state index in [2.05, 4.69) is 11.9 Å². The summed E-state index contributed by atoms with van der Waals surface area (Å²) in [6.07, 6.45) is 0.787. The van der Waals surface area contributed by atoms with Gasteiger partial charge in [-0.25, -0.2) is 4.98 Å². The molecule has 1 heterocycles. The lowest BCUT2D eigenvalue weighted by atomic mass is 10.1.